The van der Waals surface area contributed by atoms with Crippen molar-refractivity contribution in [2.24, 2.45) is 0 Å². The van der Waals surface area contributed by atoms with Crippen molar-refractivity contribution in [1.82, 2.24) is 4.90 Å². The van der Waals surface area contributed by atoms with E-state index < -0.39 is 5.63 Å². The van der Waals surface area contributed by atoms with E-state index in [1.807, 2.05) is 61.5 Å². The van der Waals surface area contributed by atoms with Gasteiger partial charge >= 0.3 is 5.63 Å². The Kier molecular flexibility index (Phi) is 4.95. The van der Waals surface area contributed by atoms with Crippen LogP contribution in [0.5, 0.6) is 0 Å². The van der Waals surface area contributed by atoms with Gasteiger partial charge in [0.1, 0.15) is 11.1 Å². The number of benzene rings is 2. The number of carbonyl (C=O) groups excluding carboxylic acids is 1. The van der Waals surface area contributed by atoms with E-state index in [-0.39, 0.29) is 11.5 Å². The minimum atomic E-state index is -0.616. The molecule has 25 heavy (non-hydrogen) atoms. The number of nitrogens with zero attached hydrogens (tertiary/aromatic N) is 2. The summed E-state index contributed by atoms with van der Waals surface area (Å²) in [7, 11) is 3.88. The lowest BCUT2D eigenvalue weighted by Gasteiger charge is -2.24. The van der Waals surface area contributed by atoms with Crippen LogP contribution in [-0.2, 0) is 0 Å². The fraction of sp³-hybridized carbons (Fsp3) is 0.200. The molecule has 0 aliphatic rings. The standard InChI is InChI=1S/C20H20N2O3/c1-21(2)12-13-22(16-9-4-3-5-10-16)19(23)17-14-15-8-6-7-11-18(15)25-20(17)24/h3-11,14H,12-13H2,1-2H3. The zero-order valence-corrected chi connectivity index (χ0v) is 14.3. The maximum absolute atomic E-state index is 13.1. The number of fused-ring (bicyclic) bond motifs is 1. The van der Waals surface area contributed by atoms with Crippen LogP contribution in [0.15, 0.2) is 69.9 Å². The number of anilines is 1. The van der Waals surface area contributed by atoms with E-state index in [0.29, 0.717) is 18.7 Å². The highest BCUT2D eigenvalue weighted by Gasteiger charge is 2.22. The second-order valence-electron chi connectivity index (χ2n) is 6.08. The Bertz CT molecular complexity index is 932. The van der Waals surface area contributed by atoms with Gasteiger partial charge in [0.25, 0.3) is 5.91 Å². The summed E-state index contributed by atoms with van der Waals surface area (Å²) in [6.45, 7) is 1.15. The van der Waals surface area contributed by atoms with Crippen LogP contribution in [-0.4, -0.2) is 38.0 Å². The molecular formula is C20H20N2O3. The van der Waals surface area contributed by atoms with Gasteiger partial charge in [-0.1, -0.05) is 36.4 Å². The molecule has 0 spiro atoms. The third-order valence-electron chi connectivity index (χ3n) is 3.96. The number of carbonyl (C=O) groups is 1. The summed E-state index contributed by atoms with van der Waals surface area (Å²) in [4.78, 5) is 29.0. The summed E-state index contributed by atoms with van der Waals surface area (Å²) in [5.74, 6) is -0.354. The highest BCUT2D eigenvalue weighted by molar-refractivity contribution is 6.07. The zero-order valence-electron chi connectivity index (χ0n) is 14.3. The van der Waals surface area contributed by atoms with Crippen molar-refractivity contribution >= 4 is 22.6 Å². The highest BCUT2D eigenvalue weighted by Crippen LogP contribution is 2.18. The Hall–Kier alpha value is -2.92. The molecule has 1 amide bonds. The normalized spacial score (nSPS) is 11.0. The number of amides is 1. The Labute approximate surface area is 146 Å². The van der Waals surface area contributed by atoms with Crippen LogP contribution >= 0.6 is 0 Å². The molecule has 5 heteroatoms. The van der Waals surface area contributed by atoms with E-state index >= 15 is 0 Å². The largest absolute Gasteiger partial charge is 0.422 e. The summed E-state index contributed by atoms with van der Waals surface area (Å²) in [6, 6.07) is 18.1. The van der Waals surface area contributed by atoms with E-state index in [4.69, 9.17) is 4.42 Å². The van der Waals surface area contributed by atoms with Crippen molar-refractivity contribution < 1.29 is 9.21 Å². The van der Waals surface area contributed by atoms with Gasteiger partial charge in [-0.2, -0.15) is 0 Å². The number of rotatable bonds is 5. The molecule has 3 rings (SSSR count). The zero-order chi connectivity index (χ0) is 17.8. The van der Waals surface area contributed by atoms with Crippen LogP contribution in [0, 0.1) is 0 Å². The van der Waals surface area contributed by atoms with Crippen LogP contribution in [0.25, 0.3) is 11.0 Å². The van der Waals surface area contributed by atoms with Crippen molar-refractivity contribution in [3.05, 3.63) is 76.6 Å². The van der Waals surface area contributed by atoms with Crippen LogP contribution < -0.4 is 10.5 Å². The lowest BCUT2D eigenvalue weighted by molar-refractivity contribution is 0.0982. The van der Waals surface area contributed by atoms with Crippen molar-refractivity contribution in [3.8, 4) is 0 Å². The second kappa shape index (κ2) is 7.32. The first-order valence-corrected chi connectivity index (χ1v) is 8.11. The Morgan fingerprint density at radius 1 is 0.960 bits per heavy atom. The van der Waals surface area contributed by atoms with E-state index in [9.17, 15) is 9.59 Å². The minimum Gasteiger partial charge on any atom is -0.422 e. The van der Waals surface area contributed by atoms with E-state index in [2.05, 4.69) is 0 Å². The van der Waals surface area contributed by atoms with Crippen LogP contribution in [0.3, 0.4) is 0 Å². The van der Waals surface area contributed by atoms with Gasteiger partial charge in [-0.3, -0.25) is 4.79 Å². The Morgan fingerprint density at radius 2 is 1.64 bits per heavy atom. The van der Waals surface area contributed by atoms with Crippen LogP contribution in [0.1, 0.15) is 10.4 Å². The van der Waals surface area contributed by atoms with E-state index in [0.717, 1.165) is 11.1 Å². The molecule has 0 unspecified atom stereocenters. The maximum Gasteiger partial charge on any atom is 0.349 e. The van der Waals surface area contributed by atoms with Gasteiger partial charge in [-0.15, -0.1) is 0 Å². The smallest absolute Gasteiger partial charge is 0.349 e. The molecule has 0 radical (unpaired) electrons. The van der Waals surface area contributed by atoms with E-state index in [1.54, 1.807) is 23.1 Å². The monoisotopic (exact) mass is 336 g/mol. The first-order chi connectivity index (χ1) is 12.1. The Balaban J connectivity index is 2.02. The molecule has 0 fully saturated rings. The maximum atomic E-state index is 13.1. The molecule has 0 atom stereocenters. The van der Waals surface area contributed by atoms with Gasteiger partial charge in [0.2, 0.25) is 0 Å². The topological polar surface area (TPSA) is 53.8 Å². The van der Waals surface area contributed by atoms with Crippen molar-refractivity contribution in [1.29, 1.82) is 0 Å². The van der Waals surface area contributed by atoms with Gasteiger partial charge < -0.3 is 14.2 Å². The first kappa shape index (κ1) is 16.9. The average Bonchev–Trinajstić information content (AvgIpc) is 2.61. The molecule has 2 aromatic carbocycles. The summed E-state index contributed by atoms with van der Waals surface area (Å²) >= 11 is 0. The number of hydrogen-bond acceptors (Lipinski definition) is 4. The Morgan fingerprint density at radius 3 is 2.36 bits per heavy atom. The highest BCUT2D eigenvalue weighted by atomic mass is 16.4. The molecule has 3 aromatic rings. The molecule has 1 heterocycles. The molecule has 5 nitrogen and oxygen atoms in total. The third-order valence-corrected chi connectivity index (χ3v) is 3.96. The number of likely N-dealkylation sites (N-methyl/N-ethyl adjacent to an activating group) is 1. The molecule has 0 N–H and O–H groups in total. The summed E-state index contributed by atoms with van der Waals surface area (Å²) < 4.78 is 5.31. The summed E-state index contributed by atoms with van der Waals surface area (Å²) in [5.41, 5.74) is 0.654. The van der Waals surface area contributed by atoms with Crippen molar-refractivity contribution in [2.75, 3.05) is 32.1 Å². The quantitative estimate of drug-likeness (QED) is 0.672. The van der Waals surface area contributed by atoms with Crippen LogP contribution in [0.2, 0.25) is 0 Å². The first-order valence-electron chi connectivity index (χ1n) is 8.11. The molecule has 0 saturated heterocycles. The van der Waals surface area contributed by atoms with Gasteiger partial charge in [0.15, 0.2) is 0 Å². The van der Waals surface area contributed by atoms with Crippen LogP contribution in [0.4, 0.5) is 5.69 Å². The lowest BCUT2D eigenvalue weighted by Crippen LogP contribution is -2.38. The van der Waals surface area contributed by atoms with Crippen molar-refractivity contribution in [3.63, 3.8) is 0 Å². The average molecular weight is 336 g/mol. The van der Waals surface area contributed by atoms with E-state index in [1.165, 1.54) is 0 Å². The third kappa shape index (κ3) is 3.78. The fourth-order valence-electron chi connectivity index (χ4n) is 2.61. The molecule has 0 saturated carbocycles. The SMILES string of the molecule is CN(C)CCN(C(=O)c1cc2ccccc2oc1=O)c1ccccc1. The van der Waals surface area contributed by atoms with Gasteiger partial charge in [-0.05, 0) is 38.4 Å². The minimum absolute atomic E-state index is 0.0429. The van der Waals surface area contributed by atoms with Gasteiger partial charge in [0.05, 0.1) is 0 Å². The predicted octanol–water partition coefficient (Wildman–Crippen LogP) is 3.00. The number of hydrogen-bond donors (Lipinski definition) is 0. The predicted molar refractivity (Wildman–Crippen MR) is 99.2 cm³/mol. The number of para-hydroxylation sites is 2. The summed E-state index contributed by atoms with van der Waals surface area (Å²) in [5, 5.41) is 0.728. The molecule has 128 valence electrons. The molecule has 1 aromatic heterocycles. The molecule has 0 aliphatic carbocycles. The second-order valence-corrected chi connectivity index (χ2v) is 6.08. The lowest BCUT2D eigenvalue weighted by atomic mass is 10.1. The fourth-order valence-corrected chi connectivity index (χ4v) is 2.61. The van der Waals surface area contributed by atoms with Gasteiger partial charge in [-0.25, -0.2) is 4.79 Å². The molecule has 0 aliphatic heterocycles. The summed E-state index contributed by atoms with van der Waals surface area (Å²) in [6.07, 6.45) is 0. The molecule has 0 bridgehead atoms. The van der Waals surface area contributed by atoms with Crippen molar-refractivity contribution in [2.45, 2.75) is 0 Å². The van der Waals surface area contributed by atoms with Gasteiger partial charge in [0, 0.05) is 24.2 Å². The molecular weight excluding hydrogens is 316 g/mol.